The lowest BCUT2D eigenvalue weighted by Gasteiger charge is -2.29. The van der Waals surface area contributed by atoms with Gasteiger partial charge in [-0.3, -0.25) is 0 Å². The smallest absolute Gasteiger partial charge is 0.123 e. The highest BCUT2D eigenvalue weighted by Crippen LogP contribution is 2.41. The number of para-hydroxylation sites is 1. The summed E-state index contributed by atoms with van der Waals surface area (Å²) >= 11 is 0. The zero-order valence-corrected chi connectivity index (χ0v) is 21.2. The Morgan fingerprint density at radius 1 is 0.528 bits per heavy atom. The van der Waals surface area contributed by atoms with E-state index in [1.165, 1.54) is 45.8 Å². The lowest BCUT2D eigenvalue weighted by atomic mass is 10.0. The lowest BCUT2D eigenvalue weighted by Crippen LogP contribution is -2.49. The molecule has 0 fully saturated rings. The first-order valence-corrected chi connectivity index (χ1v) is 15.1. The van der Waals surface area contributed by atoms with Crippen LogP contribution >= 0.6 is 0 Å². The van der Waals surface area contributed by atoms with E-state index < -0.39 is 8.07 Å². The fourth-order valence-corrected chi connectivity index (χ4v) is 8.49. The van der Waals surface area contributed by atoms with Crippen molar-refractivity contribution in [2.24, 2.45) is 0 Å². The third kappa shape index (κ3) is 3.66. The molecule has 5 aromatic carbocycles. The first-order valence-electron chi connectivity index (χ1n) is 12.1. The average Bonchev–Trinajstić information content (AvgIpc) is 3.13. The fourth-order valence-electron chi connectivity index (χ4n) is 5.39. The molecule has 0 amide bonds. The quantitative estimate of drug-likeness (QED) is 0.232. The van der Waals surface area contributed by atoms with Gasteiger partial charge in [0.2, 0.25) is 0 Å². The van der Waals surface area contributed by atoms with Gasteiger partial charge in [0, 0.05) is 16.9 Å². The Balaban J connectivity index is 1.57. The van der Waals surface area contributed by atoms with Gasteiger partial charge in [-0.1, -0.05) is 73.8 Å². The summed E-state index contributed by atoms with van der Waals surface area (Å²) in [5, 5.41) is 2.85. The van der Waals surface area contributed by atoms with Gasteiger partial charge in [-0.15, -0.1) is 0 Å². The summed E-state index contributed by atoms with van der Waals surface area (Å²) in [6, 6.07) is 36.7. The monoisotopic (exact) mass is 489 g/mol. The van der Waals surface area contributed by atoms with Crippen molar-refractivity contribution in [3.8, 4) is 22.3 Å². The van der Waals surface area contributed by atoms with Crippen molar-refractivity contribution in [3.63, 3.8) is 0 Å². The van der Waals surface area contributed by atoms with E-state index in [1.807, 2.05) is 18.2 Å². The highest BCUT2D eigenvalue weighted by molar-refractivity contribution is 7.03. The van der Waals surface area contributed by atoms with E-state index in [9.17, 15) is 8.78 Å². The zero-order chi connectivity index (χ0) is 24.9. The van der Waals surface area contributed by atoms with Gasteiger partial charge in [-0.05, 0) is 81.7 Å². The Morgan fingerprint density at radius 2 is 1.08 bits per heavy atom. The van der Waals surface area contributed by atoms with E-state index in [0.717, 1.165) is 28.2 Å². The number of hydrogen-bond donors (Lipinski definition) is 0. The predicted molar refractivity (Wildman–Crippen MR) is 149 cm³/mol. The third-order valence-corrected chi connectivity index (χ3v) is 10.8. The number of anilines is 3. The summed E-state index contributed by atoms with van der Waals surface area (Å²) in [7, 11) is -1.88. The topological polar surface area (TPSA) is 3.24 Å². The minimum absolute atomic E-state index is 0.267. The second-order valence-corrected chi connectivity index (χ2v) is 14.1. The SMILES string of the molecule is C[Si]1(C)c2ccccc2-c2ccc(N(c3ccc(F)cc3)c3ccccc3-c3ccc(F)cc3)cc21. The van der Waals surface area contributed by atoms with Crippen LogP contribution in [0.5, 0.6) is 0 Å². The van der Waals surface area contributed by atoms with Crippen molar-refractivity contribution in [1.82, 2.24) is 0 Å². The zero-order valence-electron chi connectivity index (χ0n) is 20.2. The molecule has 0 aromatic heterocycles. The molecule has 1 aliphatic heterocycles. The van der Waals surface area contributed by atoms with Gasteiger partial charge in [0.25, 0.3) is 0 Å². The van der Waals surface area contributed by atoms with Gasteiger partial charge in [0.15, 0.2) is 0 Å². The molecule has 0 saturated heterocycles. The second kappa shape index (κ2) is 8.57. The molecule has 0 aliphatic carbocycles. The van der Waals surface area contributed by atoms with Crippen LogP contribution in [0.2, 0.25) is 13.1 Å². The lowest BCUT2D eigenvalue weighted by molar-refractivity contribution is 0.627. The first kappa shape index (κ1) is 22.4. The van der Waals surface area contributed by atoms with Crippen molar-refractivity contribution >= 4 is 35.5 Å². The molecule has 5 aromatic rings. The minimum atomic E-state index is -1.88. The number of benzene rings is 5. The van der Waals surface area contributed by atoms with Crippen LogP contribution in [-0.4, -0.2) is 8.07 Å². The van der Waals surface area contributed by atoms with Crippen molar-refractivity contribution in [2.45, 2.75) is 13.1 Å². The Kier molecular flexibility index (Phi) is 5.35. The molecule has 0 unspecified atom stereocenters. The van der Waals surface area contributed by atoms with Crippen LogP contribution in [0.15, 0.2) is 115 Å². The number of halogens is 2. The van der Waals surface area contributed by atoms with E-state index in [1.54, 1.807) is 24.3 Å². The van der Waals surface area contributed by atoms with Crippen LogP contribution in [0.1, 0.15) is 0 Å². The molecule has 1 aliphatic rings. The molecule has 1 nitrogen and oxygen atoms in total. The highest BCUT2D eigenvalue weighted by Gasteiger charge is 2.37. The normalized spacial score (nSPS) is 13.2. The Bertz CT molecular complexity index is 1570. The van der Waals surface area contributed by atoms with Gasteiger partial charge >= 0.3 is 0 Å². The van der Waals surface area contributed by atoms with E-state index >= 15 is 0 Å². The number of fused-ring (bicyclic) bond motifs is 3. The van der Waals surface area contributed by atoms with Crippen molar-refractivity contribution in [1.29, 1.82) is 0 Å². The minimum Gasteiger partial charge on any atom is -0.310 e. The van der Waals surface area contributed by atoms with Crippen molar-refractivity contribution in [3.05, 3.63) is 127 Å². The Labute approximate surface area is 211 Å². The number of hydrogen-bond acceptors (Lipinski definition) is 1. The summed E-state index contributed by atoms with van der Waals surface area (Å²) in [6.07, 6.45) is 0. The van der Waals surface area contributed by atoms with Crippen LogP contribution in [0.3, 0.4) is 0 Å². The maximum absolute atomic E-state index is 13.9. The van der Waals surface area contributed by atoms with Crippen LogP contribution in [0.4, 0.5) is 25.8 Å². The molecule has 4 heteroatoms. The molecule has 0 atom stereocenters. The largest absolute Gasteiger partial charge is 0.310 e. The average molecular weight is 490 g/mol. The molecular formula is C32H25F2NSi. The summed E-state index contributed by atoms with van der Waals surface area (Å²) in [5.74, 6) is -0.541. The van der Waals surface area contributed by atoms with Crippen LogP contribution < -0.4 is 15.3 Å². The van der Waals surface area contributed by atoms with Gasteiger partial charge in [-0.2, -0.15) is 0 Å². The molecular weight excluding hydrogens is 464 g/mol. The van der Waals surface area contributed by atoms with Crippen LogP contribution in [0, 0.1) is 11.6 Å². The summed E-state index contributed by atoms with van der Waals surface area (Å²) in [5.41, 5.74) is 7.35. The first-order chi connectivity index (χ1) is 17.4. The van der Waals surface area contributed by atoms with Crippen LogP contribution in [0.25, 0.3) is 22.3 Å². The highest BCUT2D eigenvalue weighted by atomic mass is 28.3. The molecule has 6 rings (SSSR count). The van der Waals surface area contributed by atoms with Gasteiger partial charge < -0.3 is 4.90 Å². The molecule has 36 heavy (non-hydrogen) atoms. The standard InChI is InChI=1S/C32H25F2NSi/c1-36(2)31-10-6-4-8-28(31)29-20-19-26(21-32(29)36)35(25-17-15-24(34)16-18-25)30-9-5-3-7-27(30)22-11-13-23(33)14-12-22/h3-21H,1-2H3. The molecule has 0 spiro atoms. The van der Waals surface area contributed by atoms with Crippen LogP contribution in [-0.2, 0) is 0 Å². The van der Waals surface area contributed by atoms with Gasteiger partial charge in [0.05, 0.1) is 5.69 Å². The van der Waals surface area contributed by atoms with E-state index in [0.29, 0.717) is 0 Å². The molecule has 0 bridgehead atoms. The molecule has 0 radical (unpaired) electrons. The Hall–Kier alpha value is -4.02. The third-order valence-electron chi connectivity index (χ3n) is 7.21. The van der Waals surface area contributed by atoms with Gasteiger partial charge in [-0.25, -0.2) is 8.78 Å². The number of rotatable bonds is 4. The second-order valence-electron chi connectivity index (χ2n) is 9.74. The predicted octanol–water partition coefficient (Wildman–Crippen LogP) is 7.90. The van der Waals surface area contributed by atoms with E-state index in [4.69, 9.17) is 0 Å². The summed E-state index contributed by atoms with van der Waals surface area (Å²) < 4.78 is 27.6. The molecule has 1 heterocycles. The van der Waals surface area contributed by atoms with E-state index in [-0.39, 0.29) is 11.6 Å². The fraction of sp³-hybridized carbons (Fsp3) is 0.0625. The van der Waals surface area contributed by atoms with Crippen molar-refractivity contribution in [2.75, 3.05) is 4.90 Å². The summed E-state index contributed by atoms with van der Waals surface area (Å²) in [6.45, 7) is 4.80. The number of nitrogens with zero attached hydrogens (tertiary/aromatic N) is 1. The van der Waals surface area contributed by atoms with E-state index in [2.05, 4.69) is 66.5 Å². The van der Waals surface area contributed by atoms with Crippen molar-refractivity contribution < 1.29 is 8.78 Å². The molecule has 176 valence electrons. The Morgan fingerprint density at radius 3 is 1.81 bits per heavy atom. The van der Waals surface area contributed by atoms with Gasteiger partial charge in [0.1, 0.15) is 19.7 Å². The maximum atomic E-state index is 13.9. The maximum Gasteiger partial charge on any atom is 0.123 e. The summed E-state index contributed by atoms with van der Waals surface area (Å²) in [4.78, 5) is 2.17. The molecule has 0 N–H and O–H groups in total. The molecule has 0 saturated carbocycles.